The monoisotopic (exact) mass is 424 g/mol. The lowest BCUT2D eigenvalue weighted by Crippen LogP contribution is -2.40. The summed E-state index contributed by atoms with van der Waals surface area (Å²) in [6.45, 7) is 4.16. The molecule has 164 valence electrons. The molecule has 2 aromatic rings. The van der Waals surface area contributed by atoms with Crippen LogP contribution in [0.3, 0.4) is 0 Å². The number of benzene rings is 2. The van der Waals surface area contributed by atoms with Crippen molar-refractivity contribution >= 4 is 18.0 Å². The lowest BCUT2D eigenvalue weighted by molar-refractivity contribution is -0.139. The van der Waals surface area contributed by atoms with Crippen LogP contribution < -0.4 is 5.32 Å². The van der Waals surface area contributed by atoms with Crippen LogP contribution >= 0.6 is 0 Å². The fourth-order valence-electron chi connectivity index (χ4n) is 3.95. The van der Waals surface area contributed by atoms with Crippen molar-refractivity contribution in [3.8, 4) is 11.1 Å². The van der Waals surface area contributed by atoms with E-state index in [1.54, 1.807) is 0 Å². The number of ether oxygens (including phenoxy) is 1. The SMILES string of the molecule is CC(C)N(CCC(=O)O)C(=O)CCNC(=O)OCC1c2ccccc2-c2ccccc21. The summed E-state index contributed by atoms with van der Waals surface area (Å²) in [6, 6.07) is 16.1. The van der Waals surface area contributed by atoms with Crippen molar-refractivity contribution in [1.29, 1.82) is 0 Å². The Morgan fingerprint density at radius 3 is 2.13 bits per heavy atom. The van der Waals surface area contributed by atoms with Crippen LogP contribution in [0.4, 0.5) is 4.79 Å². The molecule has 31 heavy (non-hydrogen) atoms. The first-order valence-electron chi connectivity index (χ1n) is 10.5. The number of carbonyl (C=O) groups excluding carboxylic acids is 2. The van der Waals surface area contributed by atoms with E-state index in [0.717, 1.165) is 22.3 Å². The van der Waals surface area contributed by atoms with E-state index in [9.17, 15) is 14.4 Å². The van der Waals surface area contributed by atoms with Gasteiger partial charge in [-0.2, -0.15) is 0 Å². The second-order valence-electron chi connectivity index (χ2n) is 7.83. The van der Waals surface area contributed by atoms with Crippen molar-refractivity contribution in [3.63, 3.8) is 0 Å². The van der Waals surface area contributed by atoms with Gasteiger partial charge in [-0.05, 0) is 36.1 Å². The van der Waals surface area contributed by atoms with Crippen LogP contribution in [0.15, 0.2) is 48.5 Å². The first kappa shape index (κ1) is 22.3. The molecule has 0 aliphatic heterocycles. The topological polar surface area (TPSA) is 95.9 Å². The first-order valence-corrected chi connectivity index (χ1v) is 10.5. The molecule has 0 aromatic heterocycles. The molecule has 7 nitrogen and oxygen atoms in total. The Hall–Kier alpha value is -3.35. The van der Waals surface area contributed by atoms with Crippen molar-refractivity contribution in [2.45, 2.75) is 38.6 Å². The highest BCUT2D eigenvalue weighted by Gasteiger charge is 2.29. The Morgan fingerprint density at radius 2 is 1.58 bits per heavy atom. The minimum absolute atomic E-state index is 0.0211. The number of nitrogens with zero attached hydrogens (tertiary/aromatic N) is 1. The Labute approximate surface area is 182 Å². The number of carboxylic acids is 1. The third-order valence-corrected chi connectivity index (χ3v) is 5.46. The summed E-state index contributed by atoms with van der Waals surface area (Å²) in [6.07, 6.45) is -0.595. The molecule has 3 rings (SSSR count). The number of amides is 2. The maximum atomic E-state index is 12.4. The summed E-state index contributed by atoms with van der Waals surface area (Å²) in [7, 11) is 0. The van der Waals surface area contributed by atoms with Gasteiger partial charge in [-0.25, -0.2) is 4.79 Å². The van der Waals surface area contributed by atoms with Crippen LogP contribution in [-0.2, 0) is 14.3 Å². The molecule has 0 radical (unpaired) electrons. The molecule has 1 aliphatic carbocycles. The molecule has 2 aromatic carbocycles. The third kappa shape index (κ3) is 5.42. The number of hydrogen-bond donors (Lipinski definition) is 2. The predicted molar refractivity (Wildman–Crippen MR) is 117 cm³/mol. The van der Waals surface area contributed by atoms with Crippen molar-refractivity contribution in [3.05, 3.63) is 59.7 Å². The fraction of sp³-hybridized carbons (Fsp3) is 0.375. The second-order valence-corrected chi connectivity index (χ2v) is 7.83. The Morgan fingerprint density at radius 1 is 1.00 bits per heavy atom. The van der Waals surface area contributed by atoms with Crippen LogP contribution in [0.25, 0.3) is 11.1 Å². The Balaban J connectivity index is 1.50. The maximum absolute atomic E-state index is 12.4. The number of alkyl carbamates (subject to hydrolysis) is 1. The lowest BCUT2D eigenvalue weighted by Gasteiger charge is -2.26. The maximum Gasteiger partial charge on any atom is 0.407 e. The smallest absolute Gasteiger partial charge is 0.407 e. The molecular formula is C24H28N2O5. The Kier molecular flexibility index (Phi) is 7.28. The van der Waals surface area contributed by atoms with Crippen LogP contribution in [0.2, 0.25) is 0 Å². The van der Waals surface area contributed by atoms with Gasteiger partial charge in [0, 0.05) is 31.5 Å². The zero-order chi connectivity index (χ0) is 22.4. The molecule has 7 heteroatoms. The molecule has 0 spiro atoms. The molecule has 2 amide bonds. The standard InChI is InChI=1S/C24H28N2O5/c1-16(2)26(14-12-23(28)29)22(27)11-13-25-24(30)31-15-21-19-9-5-3-7-17(19)18-8-4-6-10-20(18)21/h3-10,16,21H,11-15H2,1-2H3,(H,25,30)(H,28,29). The van der Waals surface area contributed by atoms with Crippen molar-refractivity contribution < 1.29 is 24.2 Å². The molecule has 2 N–H and O–H groups in total. The van der Waals surface area contributed by atoms with E-state index in [-0.39, 0.29) is 50.4 Å². The van der Waals surface area contributed by atoms with E-state index in [4.69, 9.17) is 9.84 Å². The van der Waals surface area contributed by atoms with Gasteiger partial charge in [-0.3, -0.25) is 9.59 Å². The molecule has 0 fully saturated rings. The molecule has 0 unspecified atom stereocenters. The van der Waals surface area contributed by atoms with Crippen molar-refractivity contribution in [1.82, 2.24) is 10.2 Å². The minimum atomic E-state index is -0.949. The highest BCUT2D eigenvalue weighted by atomic mass is 16.5. The summed E-state index contributed by atoms with van der Waals surface area (Å²) in [5.41, 5.74) is 4.59. The van der Waals surface area contributed by atoms with Gasteiger partial charge in [0.15, 0.2) is 0 Å². The highest BCUT2D eigenvalue weighted by molar-refractivity contribution is 5.79. The predicted octanol–water partition coefficient (Wildman–Crippen LogP) is 3.63. The number of rotatable bonds is 9. The Bertz CT molecular complexity index is 911. The summed E-state index contributed by atoms with van der Waals surface area (Å²) in [5.74, 6) is -1.17. The molecule has 0 atom stereocenters. The van der Waals surface area contributed by atoms with Gasteiger partial charge in [-0.15, -0.1) is 0 Å². The van der Waals surface area contributed by atoms with E-state index in [2.05, 4.69) is 29.6 Å². The number of hydrogen-bond acceptors (Lipinski definition) is 4. The van der Waals surface area contributed by atoms with E-state index < -0.39 is 12.1 Å². The molecule has 0 bridgehead atoms. The summed E-state index contributed by atoms with van der Waals surface area (Å²) < 4.78 is 5.46. The summed E-state index contributed by atoms with van der Waals surface area (Å²) in [5, 5.41) is 11.5. The normalized spacial score (nSPS) is 12.2. The number of aliphatic carboxylic acids is 1. The highest BCUT2D eigenvalue weighted by Crippen LogP contribution is 2.44. The van der Waals surface area contributed by atoms with E-state index in [1.165, 1.54) is 4.90 Å². The molecule has 0 saturated heterocycles. The van der Waals surface area contributed by atoms with Gasteiger partial charge in [0.1, 0.15) is 6.61 Å². The van der Waals surface area contributed by atoms with Crippen molar-refractivity contribution in [2.75, 3.05) is 19.7 Å². The summed E-state index contributed by atoms with van der Waals surface area (Å²) >= 11 is 0. The van der Waals surface area contributed by atoms with Gasteiger partial charge >= 0.3 is 12.1 Å². The number of carboxylic acid groups (broad SMARTS) is 1. The second kappa shape index (κ2) is 10.1. The third-order valence-electron chi connectivity index (χ3n) is 5.46. The van der Waals surface area contributed by atoms with Gasteiger partial charge in [0.05, 0.1) is 6.42 Å². The fourth-order valence-corrected chi connectivity index (χ4v) is 3.95. The van der Waals surface area contributed by atoms with E-state index in [1.807, 2.05) is 38.1 Å². The molecule has 0 heterocycles. The van der Waals surface area contributed by atoms with Crippen LogP contribution in [0.5, 0.6) is 0 Å². The quantitative estimate of drug-likeness (QED) is 0.641. The van der Waals surface area contributed by atoms with E-state index >= 15 is 0 Å². The largest absolute Gasteiger partial charge is 0.481 e. The van der Waals surface area contributed by atoms with E-state index in [0.29, 0.717) is 0 Å². The number of fused-ring (bicyclic) bond motifs is 3. The average molecular weight is 424 g/mol. The van der Waals surface area contributed by atoms with Crippen molar-refractivity contribution in [2.24, 2.45) is 0 Å². The summed E-state index contributed by atoms with van der Waals surface area (Å²) in [4.78, 5) is 36.8. The average Bonchev–Trinajstić information content (AvgIpc) is 3.06. The van der Waals surface area contributed by atoms with Crippen LogP contribution in [0, 0.1) is 0 Å². The van der Waals surface area contributed by atoms with Crippen LogP contribution in [-0.4, -0.2) is 53.7 Å². The van der Waals surface area contributed by atoms with Gasteiger partial charge < -0.3 is 20.1 Å². The lowest BCUT2D eigenvalue weighted by atomic mass is 9.98. The first-order chi connectivity index (χ1) is 14.9. The molecular weight excluding hydrogens is 396 g/mol. The number of carbonyl (C=O) groups is 3. The minimum Gasteiger partial charge on any atom is -0.481 e. The van der Waals surface area contributed by atoms with Gasteiger partial charge in [0.25, 0.3) is 0 Å². The zero-order valence-corrected chi connectivity index (χ0v) is 17.8. The zero-order valence-electron chi connectivity index (χ0n) is 17.8. The van der Waals surface area contributed by atoms with Gasteiger partial charge in [-0.1, -0.05) is 48.5 Å². The molecule has 1 aliphatic rings. The van der Waals surface area contributed by atoms with Gasteiger partial charge in [0.2, 0.25) is 5.91 Å². The number of nitrogens with one attached hydrogen (secondary N) is 1. The molecule has 0 saturated carbocycles. The van der Waals surface area contributed by atoms with Crippen LogP contribution in [0.1, 0.15) is 43.7 Å².